The maximum Gasteiger partial charge on any atom is 0.425 e. The number of nitrogens with one attached hydrogen (secondary N) is 3. The fraction of sp³-hybridized carbons (Fsp3) is 0.273. The van der Waals surface area contributed by atoms with E-state index in [0.29, 0.717) is 12.1 Å². The Labute approximate surface area is 187 Å². The second kappa shape index (κ2) is 9.31. The quantitative estimate of drug-likeness (QED) is 0.549. The van der Waals surface area contributed by atoms with E-state index in [-0.39, 0.29) is 4.90 Å². The van der Waals surface area contributed by atoms with Crippen molar-refractivity contribution in [3.05, 3.63) is 65.7 Å². The molecular weight excluding hydrogens is 441 g/mol. The molecule has 1 fully saturated rings. The molecule has 3 N–H and O–H groups in total. The molecule has 0 saturated carbocycles. The number of alkyl halides is 3. The smallest absolute Gasteiger partial charge is 0.345 e. The highest BCUT2D eigenvalue weighted by Gasteiger charge is 2.68. The van der Waals surface area contributed by atoms with Crippen LogP contribution in [-0.2, 0) is 26.3 Å². The number of hydrogen-bond acceptors (Lipinski definition) is 4. The minimum Gasteiger partial charge on any atom is -0.345 e. The monoisotopic (exact) mass is 462 g/mol. The van der Waals surface area contributed by atoms with Crippen molar-refractivity contribution in [2.45, 2.75) is 25.1 Å². The summed E-state index contributed by atoms with van der Waals surface area (Å²) in [4.78, 5) is 49.5. The number of para-hydroxylation sites is 1. The predicted molar refractivity (Wildman–Crippen MR) is 112 cm³/mol. The molecule has 0 radical (unpaired) electrons. The van der Waals surface area contributed by atoms with Gasteiger partial charge in [0.25, 0.3) is 5.91 Å². The van der Waals surface area contributed by atoms with Gasteiger partial charge in [0.2, 0.25) is 17.4 Å². The minimum atomic E-state index is -5.15. The number of hydrogen-bond donors (Lipinski definition) is 3. The number of amides is 5. The summed E-state index contributed by atoms with van der Waals surface area (Å²) in [5.74, 6) is -3.17. The Kier molecular flexibility index (Phi) is 6.70. The number of carbonyl (C=O) groups excluding carboxylic acids is 4. The molecule has 2 aromatic rings. The summed E-state index contributed by atoms with van der Waals surface area (Å²) in [6.45, 7) is 0.430. The first-order chi connectivity index (χ1) is 15.6. The van der Waals surface area contributed by atoms with Gasteiger partial charge in [-0.05, 0) is 23.6 Å². The van der Waals surface area contributed by atoms with Crippen LogP contribution < -0.4 is 16.0 Å². The third-order valence-corrected chi connectivity index (χ3v) is 5.16. The molecule has 1 atom stereocenters. The molecule has 3 rings (SSSR count). The van der Waals surface area contributed by atoms with Gasteiger partial charge in [0, 0.05) is 5.69 Å². The van der Waals surface area contributed by atoms with Gasteiger partial charge in [-0.25, -0.2) is 4.79 Å². The molecule has 1 unspecified atom stereocenters. The van der Waals surface area contributed by atoms with Crippen molar-refractivity contribution in [3.63, 3.8) is 0 Å². The summed E-state index contributed by atoms with van der Waals surface area (Å²) >= 11 is 0. The van der Waals surface area contributed by atoms with Crippen LogP contribution in [0.2, 0.25) is 0 Å². The van der Waals surface area contributed by atoms with Gasteiger partial charge >= 0.3 is 12.2 Å². The van der Waals surface area contributed by atoms with Crippen LogP contribution in [0.15, 0.2) is 54.6 Å². The molecular formula is C22H21F3N4O4. The fourth-order valence-electron chi connectivity index (χ4n) is 3.48. The van der Waals surface area contributed by atoms with E-state index in [0.717, 1.165) is 17.7 Å². The average molecular weight is 462 g/mol. The lowest BCUT2D eigenvalue weighted by atomic mass is 9.89. The lowest BCUT2D eigenvalue weighted by molar-refractivity contribution is -0.198. The molecule has 8 nitrogen and oxygen atoms in total. The number of nitrogens with zero attached hydrogens (tertiary/aromatic N) is 1. The van der Waals surface area contributed by atoms with Crippen LogP contribution in [0.5, 0.6) is 0 Å². The van der Waals surface area contributed by atoms with Crippen LogP contribution in [0, 0.1) is 0 Å². The van der Waals surface area contributed by atoms with Crippen molar-refractivity contribution in [1.82, 2.24) is 15.5 Å². The molecule has 0 aliphatic carbocycles. The Bertz CT molecular complexity index is 1070. The molecule has 1 saturated heterocycles. The highest BCUT2D eigenvalue weighted by Crippen LogP contribution is 2.43. The van der Waals surface area contributed by atoms with E-state index >= 15 is 0 Å². The molecule has 1 aliphatic rings. The molecule has 174 valence electrons. The lowest BCUT2D eigenvalue weighted by Crippen LogP contribution is -2.56. The van der Waals surface area contributed by atoms with Gasteiger partial charge in [0.15, 0.2) is 0 Å². The molecule has 1 heterocycles. The third-order valence-electron chi connectivity index (χ3n) is 5.16. The Balaban J connectivity index is 1.67. The van der Waals surface area contributed by atoms with Crippen molar-refractivity contribution >= 4 is 29.4 Å². The maximum atomic E-state index is 13.9. The average Bonchev–Trinajstić information content (AvgIpc) is 3.04. The largest absolute Gasteiger partial charge is 0.425 e. The first-order valence-electron chi connectivity index (χ1n) is 10.0. The first-order valence-corrected chi connectivity index (χ1v) is 10.0. The number of urea groups is 1. The Morgan fingerprint density at radius 2 is 1.64 bits per heavy atom. The van der Waals surface area contributed by atoms with E-state index < -0.39 is 54.1 Å². The highest BCUT2D eigenvalue weighted by molar-refractivity contribution is 6.10. The number of rotatable bonds is 7. The van der Waals surface area contributed by atoms with Gasteiger partial charge in [-0.2, -0.15) is 13.2 Å². The van der Waals surface area contributed by atoms with Gasteiger partial charge < -0.3 is 16.0 Å². The molecule has 5 amide bonds. The maximum absolute atomic E-state index is 13.9. The lowest BCUT2D eigenvalue weighted by Gasteiger charge is -2.29. The topological polar surface area (TPSA) is 108 Å². The SMILES string of the molecule is CCc1ccccc1NC(=O)CNC(=O)CN1C(=O)NC(c2ccccc2)(C(F)(F)F)C1=O. The number of carbonyl (C=O) groups is 4. The van der Waals surface area contributed by atoms with Gasteiger partial charge in [0.1, 0.15) is 6.54 Å². The summed E-state index contributed by atoms with van der Waals surface area (Å²) in [7, 11) is 0. The Hall–Kier alpha value is -3.89. The van der Waals surface area contributed by atoms with E-state index in [1.807, 2.05) is 19.1 Å². The van der Waals surface area contributed by atoms with Crippen molar-refractivity contribution < 1.29 is 32.3 Å². The number of aryl methyl sites for hydroxylation is 1. The van der Waals surface area contributed by atoms with Crippen molar-refractivity contribution in [2.24, 2.45) is 0 Å². The van der Waals surface area contributed by atoms with Gasteiger partial charge in [0.05, 0.1) is 6.54 Å². The molecule has 11 heteroatoms. The first kappa shape index (κ1) is 23.8. The zero-order chi connectivity index (χ0) is 24.2. The standard InChI is InChI=1S/C22H21F3N4O4/c1-2-14-8-6-7-11-16(14)27-17(30)12-26-18(31)13-29-19(32)21(22(23,24)25,28-20(29)33)15-9-4-3-5-10-15/h3-11H,2,12-13H2,1H3,(H,26,31)(H,27,30)(H,28,33). The second-order valence-corrected chi connectivity index (χ2v) is 7.27. The molecule has 0 bridgehead atoms. The van der Waals surface area contributed by atoms with Crippen molar-refractivity contribution in [1.29, 1.82) is 0 Å². The highest BCUT2D eigenvalue weighted by atomic mass is 19.4. The summed E-state index contributed by atoms with van der Waals surface area (Å²) in [6.07, 6.45) is -4.49. The van der Waals surface area contributed by atoms with E-state index in [2.05, 4.69) is 10.6 Å². The second-order valence-electron chi connectivity index (χ2n) is 7.27. The van der Waals surface area contributed by atoms with Crippen molar-refractivity contribution in [2.75, 3.05) is 18.4 Å². The molecule has 1 aliphatic heterocycles. The van der Waals surface area contributed by atoms with Crippen LogP contribution in [0.1, 0.15) is 18.1 Å². The minimum absolute atomic E-state index is 0.181. The van der Waals surface area contributed by atoms with E-state index in [9.17, 15) is 32.3 Å². The summed E-state index contributed by atoms with van der Waals surface area (Å²) < 4.78 is 41.8. The zero-order valence-corrected chi connectivity index (χ0v) is 17.5. The fourth-order valence-corrected chi connectivity index (χ4v) is 3.48. The number of anilines is 1. The number of benzene rings is 2. The van der Waals surface area contributed by atoms with E-state index in [1.54, 1.807) is 17.4 Å². The Morgan fingerprint density at radius 1 is 1.00 bits per heavy atom. The third kappa shape index (κ3) is 4.66. The predicted octanol–water partition coefficient (Wildman–Crippen LogP) is 2.31. The van der Waals surface area contributed by atoms with E-state index in [1.165, 1.54) is 18.2 Å². The summed E-state index contributed by atoms with van der Waals surface area (Å²) in [5.41, 5.74) is -2.34. The zero-order valence-electron chi connectivity index (χ0n) is 17.5. The summed E-state index contributed by atoms with van der Waals surface area (Å²) in [6, 6.07) is 11.9. The van der Waals surface area contributed by atoms with Crippen LogP contribution >= 0.6 is 0 Å². The van der Waals surface area contributed by atoms with Crippen LogP contribution in [0.25, 0.3) is 0 Å². The van der Waals surface area contributed by atoms with E-state index in [4.69, 9.17) is 0 Å². The van der Waals surface area contributed by atoms with Crippen molar-refractivity contribution in [3.8, 4) is 0 Å². The molecule has 33 heavy (non-hydrogen) atoms. The van der Waals surface area contributed by atoms with Crippen LogP contribution in [-0.4, -0.2) is 47.9 Å². The van der Waals surface area contributed by atoms with Gasteiger partial charge in [-0.15, -0.1) is 0 Å². The molecule has 0 spiro atoms. The normalized spacial score (nSPS) is 18.1. The summed E-state index contributed by atoms with van der Waals surface area (Å²) in [5, 5.41) is 6.52. The number of imide groups is 1. The van der Waals surface area contributed by atoms with Gasteiger partial charge in [-0.1, -0.05) is 55.5 Å². The molecule has 2 aromatic carbocycles. The van der Waals surface area contributed by atoms with Crippen LogP contribution in [0.4, 0.5) is 23.7 Å². The Morgan fingerprint density at radius 3 is 2.27 bits per heavy atom. The molecule has 0 aromatic heterocycles. The van der Waals surface area contributed by atoms with Crippen LogP contribution in [0.3, 0.4) is 0 Å². The number of halogens is 3. The van der Waals surface area contributed by atoms with Gasteiger partial charge in [-0.3, -0.25) is 19.3 Å².